The number of rotatable bonds is 3. The lowest BCUT2D eigenvalue weighted by molar-refractivity contribution is 0.606. The molecule has 4 rings (SSSR count). The molecule has 0 saturated heterocycles. The summed E-state index contributed by atoms with van der Waals surface area (Å²) in [6, 6.07) is 15.3. The van der Waals surface area contributed by atoms with E-state index < -0.39 is 17.1 Å². The summed E-state index contributed by atoms with van der Waals surface area (Å²) >= 11 is 1.25. The van der Waals surface area contributed by atoms with Gasteiger partial charge in [0.25, 0.3) is 5.56 Å². The van der Waals surface area contributed by atoms with Crippen LogP contribution in [-0.2, 0) is 6.54 Å². The van der Waals surface area contributed by atoms with E-state index in [-0.39, 0.29) is 5.69 Å². The van der Waals surface area contributed by atoms with Crippen molar-refractivity contribution < 1.29 is 4.39 Å². The highest BCUT2D eigenvalue weighted by Crippen LogP contribution is 2.19. The lowest BCUT2D eigenvalue weighted by atomic mass is 10.1. The Balaban J connectivity index is 2.04. The zero-order chi connectivity index (χ0) is 18.3. The third kappa shape index (κ3) is 2.59. The summed E-state index contributed by atoms with van der Waals surface area (Å²) < 4.78 is 17.2. The highest BCUT2D eigenvalue weighted by Gasteiger charge is 2.18. The smallest absolute Gasteiger partial charge is 0.288 e. The van der Waals surface area contributed by atoms with Crippen molar-refractivity contribution in [3.63, 3.8) is 0 Å². The monoisotopic (exact) mass is 366 g/mol. The Hall–Kier alpha value is -2.99. The molecule has 26 heavy (non-hydrogen) atoms. The molecule has 2 heterocycles. The number of para-hydroxylation sites is 1. The summed E-state index contributed by atoms with van der Waals surface area (Å²) in [4.78, 5) is 26.0. The molecule has 0 N–H and O–H groups in total. The van der Waals surface area contributed by atoms with E-state index in [4.69, 9.17) is 0 Å². The maximum atomic E-state index is 14.3. The number of aryl methyl sites for hydroxylation is 1. The number of halogens is 1. The van der Waals surface area contributed by atoms with Crippen molar-refractivity contribution in [2.45, 2.75) is 13.5 Å². The van der Waals surface area contributed by atoms with Gasteiger partial charge in [0.15, 0.2) is 0 Å². The van der Waals surface area contributed by atoms with Crippen LogP contribution < -0.4 is 11.2 Å². The molecule has 0 unspecified atom stereocenters. The Kier molecular flexibility index (Phi) is 4.05. The van der Waals surface area contributed by atoms with Crippen molar-refractivity contribution in [3.8, 4) is 5.69 Å². The van der Waals surface area contributed by atoms with Gasteiger partial charge in [0, 0.05) is 0 Å². The van der Waals surface area contributed by atoms with Crippen LogP contribution in [0.5, 0.6) is 0 Å². The summed E-state index contributed by atoms with van der Waals surface area (Å²) in [5.74, 6) is -0.606. The van der Waals surface area contributed by atoms with Gasteiger partial charge in [-0.3, -0.25) is 9.36 Å². The minimum Gasteiger partial charge on any atom is -0.288 e. The average Bonchev–Trinajstić information content (AvgIpc) is 3.12. The van der Waals surface area contributed by atoms with E-state index in [2.05, 4.69) is 0 Å². The van der Waals surface area contributed by atoms with Crippen LogP contribution in [0.25, 0.3) is 15.9 Å². The van der Waals surface area contributed by atoms with Gasteiger partial charge in [-0.1, -0.05) is 36.4 Å². The van der Waals surface area contributed by atoms with Crippen LogP contribution in [0.1, 0.15) is 11.1 Å². The fourth-order valence-electron chi connectivity index (χ4n) is 3.04. The largest absolute Gasteiger partial charge is 0.336 e. The topological polar surface area (TPSA) is 44.0 Å². The van der Waals surface area contributed by atoms with E-state index >= 15 is 0 Å². The molecule has 0 saturated carbocycles. The van der Waals surface area contributed by atoms with Crippen LogP contribution in [0.2, 0.25) is 0 Å². The fourth-order valence-corrected chi connectivity index (χ4v) is 3.87. The van der Waals surface area contributed by atoms with Gasteiger partial charge in [0.2, 0.25) is 0 Å². The van der Waals surface area contributed by atoms with E-state index in [9.17, 15) is 14.0 Å². The molecule has 0 spiro atoms. The Bertz CT molecular complexity index is 1240. The van der Waals surface area contributed by atoms with Crippen LogP contribution in [0.4, 0.5) is 4.39 Å². The van der Waals surface area contributed by atoms with Crippen LogP contribution in [0.15, 0.2) is 69.6 Å². The van der Waals surface area contributed by atoms with Gasteiger partial charge >= 0.3 is 5.69 Å². The van der Waals surface area contributed by atoms with E-state index in [1.807, 2.05) is 31.2 Å². The standard InChI is InChI=1S/C20H15FN2O2S/c1-13-6-2-3-7-14(13)12-22-17-10-11-26-18(17)19(24)23(20(22)25)16-9-5-4-8-15(16)21/h2-11H,12H2,1H3. The summed E-state index contributed by atoms with van der Waals surface area (Å²) in [5, 5.41) is 1.77. The van der Waals surface area contributed by atoms with E-state index in [1.54, 1.807) is 17.5 Å². The first kappa shape index (κ1) is 16.5. The van der Waals surface area contributed by atoms with Gasteiger partial charge in [0.1, 0.15) is 10.5 Å². The van der Waals surface area contributed by atoms with Gasteiger partial charge in [-0.15, -0.1) is 11.3 Å². The molecule has 0 aliphatic heterocycles. The van der Waals surface area contributed by atoms with E-state index in [0.717, 1.165) is 15.7 Å². The van der Waals surface area contributed by atoms with Crippen molar-refractivity contribution in [1.82, 2.24) is 9.13 Å². The minimum absolute atomic E-state index is 0.0312. The van der Waals surface area contributed by atoms with Crippen molar-refractivity contribution >= 4 is 21.6 Å². The van der Waals surface area contributed by atoms with Crippen molar-refractivity contribution in [2.75, 3.05) is 0 Å². The molecule has 6 heteroatoms. The second-order valence-corrected chi connectivity index (χ2v) is 6.94. The average molecular weight is 366 g/mol. The number of aromatic nitrogens is 2. The molecule has 130 valence electrons. The number of fused-ring (bicyclic) bond motifs is 1. The van der Waals surface area contributed by atoms with Gasteiger partial charge in [-0.05, 0) is 41.6 Å². The normalized spacial score (nSPS) is 11.2. The lowest BCUT2D eigenvalue weighted by Crippen LogP contribution is -2.39. The molecular weight excluding hydrogens is 351 g/mol. The number of nitrogens with zero attached hydrogens (tertiary/aromatic N) is 2. The quantitative estimate of drug-likeness (QED) is 0.555. The fraction of sp³-hybridized carbons (Fsp3) is 0.100. The lowest BCUT2D eigenvalue weighted by Gasteiger charge is -2.14. The summed E-state index contributed by atoms with van der Waals surface area (Å²) in [6.45, 7) is 2.28. The molecule has 0 amide bonds. The summed E-state index contributed by atoms with van der Waals surface area (Å²) in [5.41, 5.74) is 1.52. The Morgan fingerprint density at radius 1 is 1.00 bits per heavy atom. The molecule has 0 atom stereocenters. The van der Waals surface area contributed by atoms with Crippen LogP contribution in [-0.4, -0.2) is 9.13 Å². The predicted octanol–water partition coefficient (Wildman–Crippen LogP) is 3.71. The Morgan fingerprint density at radius 2 is 1.73 bits per heavy atom. The molecular formula is C20H15FN2O2S. The first-order chi connectivity index (χ1) is 12.6. The molecule has 0 bridgehead atoms. The maximum Gasteiger partial charge on any atom is 0.336 e. The van der Waals surface area contributed by atoms with Crippen molar-refractivity contribution in [3.05, 3.63) is 97.8 Å². The second kappa shape index (κ2) is 6.38. The highest BCUT2D eigenvalue weighted by atomic mass is 32.1. The number of thiophene rings is 1. The number of hydrogen-bond acceptors (Lipinski definition) is 3. The van der Waals surface area contributed by atoms with Crippen molar-refractivity contribution in [2.24, 2.45) is 0 Å². The molecule has 0 fully saturated rings. The molecule has 2 aromatic heterocycles. The number of benzene rings is 2. The summed E-state index contributed by atoms with van der Waals surface area (Å²) in [6.07, 6.45) is 0. The first-order valence-corrected chi connectivity index (χ1v) is 8.98. The Labute approximate surface area is 152 Å². The number of hydrogen-bond donors (Lipinski definition) is 0. The predicted molar refractivity (Wildman–Crippen MR) is 102 cm³/mol. The third-order valence-electron chi connectivity index (χ3n) is 4.44. The van der Waals surface area contributed by atoms with Gasteiger partial charge < -0.3 is 0 Å². The SMILES string of the molecule is Cc1ccccc1Cn1c(=O)n(-c2ccccc2F)c(=O)c2sccc21. The molecule has 0 aliphatic rings. The van der Waals surface area contributed by atoms with Gasteiger partial charge in [-0.2, -0.15) is 0 Å². The van der Waals surface area contributed by atoms with Crippen LogP contribution in [0, 0.1) is 12.7 Å². The molecule has 2 aromatic carbocycles. The van der Waals surface area contributed by atoms with E-state index in [1.165, 1.54) is 34.1 Å². The third-order valence-corrected chi connectivity index (χ3v) is 5.33. The van der Waals surface area contributed by atoms with Gasteiger partial charge in [-0.25, -0.2) is 13.8 Å². The molecule has 4 aromatic rings. The van der Waals surface area contributed by atoms with Crippen LogP contribution in [0.3, 0.4) is 0 Å². The highest BCUT2D eigenvalue weighted by molar-refractivity contribution is 7.17. The Morgan fingerprint density at radius 3 is 2.50 bits per heavy atom. The zero-order valence-electron chi connectivity index (χ0n) is 14.0. The van der Waals surface area contributed by atoms with Gasteiger partial charge in [0.05, 0.1) is 17.7 Å². The van der Waals surface area contributed by atoms with Crippen LogP contribution >= 0.6 is 11.3 Å². The summed E-state index contributed by atoms with van der Waals surface area (Å²) in [7, 11) is 0. The first-order valence-electron chi connectivity index (χ1n) is 8.10. The zero-order valence-corrected chi connectivity index (χ0v) is 14.8. The van der Waals surface area contributed by atoms with E-state index in [0.29, 0.717) is 16.8 Å². The minimum atomic E-state index is -0.606. The second-order valence-electron chi connectivity index (χ2n) is 6.02. The maximum absolute atomic E-state index is 14.3. The molecule has 0 aliphatic carbocycles. The molecule has 0 radical (unpaired) electrons. The van der Waals surface area contributed by atoms with Crippen molar-refractivity contribution in [1.29, 1.82) is 0 Å². The molecule has 4 nitrogen and oxygen atoms in total.